The average molecular weight is 425 g/mol. The quantitative estimate of drug-likeness (QED) is 0.770. The molecule has 1 amide bonds. The first-order chi connectivity index (χ1) is 13.2. The van der Waals surface area contributed by atoms with E-state index >= 15 is 0 Å². The number of amides is 1. The predicted octanol–water partition coefficient (Wildman–Crippen LogP) is 2.75. The molecule has 9 heteroatoms. The third-order valence-electron chi connectivity index (χ3n) is 4.25. The van der Waals surface area contributed by atoms with Crippen molar-refractivity contribution in [1.29, 1.82) is 0 Å². The molecule has 1 aliphatic rings. The third kappa shape index (κ3) is 4.88. The van der Waals surface area contributed by atoms with Gasteiger partial charge in [0.1, 0.15) is 19.8 Å². The fourth-order valence-corrected chi connectivity index (χ4v) is 3.82. The van der Waals surface area contributed by atoms with E-state index < -0.39 is 15.9 Å². The summed E-state index contributed by atoms with van der Waals surface area (Å²) < 4.78 is 36.4. The molecule has 1 N–H and O–H groups in total. The van der Waals surface area contributed by atoms with Crippen molar-refractivity contribution >= 4 is 33.2 Å². The van der Waals surface area contributed by atoms with Crippen LogP contribution in [-0.4, -0.2) is 40.3 Å². The van der Waals surface area contributed by atoms with Crippen molar-refractivity contribution in [2.75, 3.05) is 30.3 Å². The van der Waals surface area contributed by atoms with Gasteiger partial charge in [0.05, 0.1) is 18.0 Å². The summed E-state index contributed by atoms with van der Waals surface area (Å²) in [6, 6.07) is 11.4. The van der Waals surface area contributed by atoms with Crippen LogP contribution in [0.2, 0.25) is 5.02 Å². The van der Waals surface area contributed by atoms with Gasteiger partial charge in [0.2, 0.25) is 15.9 Å². The molecule has 0 fully saturated rings. The molecule has 2 aromatic rings. The van der Waals surface area contributed by atoms with Crippen LogP contribution in [0.25, 0.3) is 0 Å². The number of halogens is 1. The topological polar surface area (TPSA) is 84.9 Å². The van der Waals surface area contributed by atoms with E-state index in [1.807, 2.05) is 19.1 Å². The Bertz CT molecular complexity index is 963. The summed E-state index contributed by atoms with van der Waals surface area (Å²) in [5.74, 6) is 0.867. The number of hydrogen-bond acceptors (Lipinski definition) is 5. The normalized spacial score (nSPS) is 14.2. The maximum absolute atomic E-state index is 12.5. The number of anilines is 1. The van der Waals surface area contributed by atoms with Crippen molar-refractivity contribution in [2.24, 2.45) is 0 Å². The Morgan fingerprint density at radius 2 is 1.79 bits per heavy atom. The minimum atomic E-state index is -3.65. The first-order valence-electron chi connectivity index (χ1n) is 8.66. The largest absolute Gasteiger partial charge is 0.486 e. The van der Waals surface area contributed by atoms with Crippen LogP contribution in [-0.2, 0) is 14.8 Å². The summed E-state index contributed by atoms with van der Waals surface area (Å²) in [5, 5.41) is 3.30. The van der Waals surface area contributed by atoms with Gasteiger partial charge in [0.25, 0.3) is 0 Å². The first-order valence-corrected chi connectivity index (χ1v) is 10.9. The summed E-state index contributed by atoms with van der Waals surface area (Å²) in [4.78, 5) is 12.5. The minimum Gasteiger partial charge on any atom is -0.486 e. The van der Waals surface area contributed by atoms with Gasteiger partial charge in [-0.25, -0.2) is 8.42 Å². The number of carbonyl (C=O) groups is 1. The zero-order chi connectivity index (χ0) is 20.3. The molecule has 28 heavy (non-hydrogen) atoms. The molecule has 7 nitrogen and oxygen atoms in total. The predicted molar refractivity (Wildman–Crippen MR) is 108 cm³/mol. The van der Waals surface area contributed by atoms with Gasteiger partial charge in [-0.05, 0) is 48.9 Å². The lowest BCUT2D eigenvalue weighted by Crippen LogP contribution is -2.41. The Balaban J connectivity index is 1.71. The Morgan fingerprint density at radius 1 is 1.14 bits per heavy atom. The zero-order valence-electron chi connectivity index (χ0n) is 15.5. The summed E-state index contributed by atoms with van der Waals surface area (Å²) in [5.41, 5.74) is 1.20. The fraction of sp³-hybridized carbons (Fsp3) is 0.316. The maximum atomic E-state index is 12.5. The van der Waals surface area contributed by atoms with Crippen molar-refractivity contribution < 1.29 is 22.7 Å². The molecule has 0 aliphatic carbocycles. The molecule has 2 aromatic carbocycles. The maximum Gasteiger partial charge on any atom is 0.241 e. The molecule has 0 spiro atoms. The second-order valence-corrected chi connectivity index (χ2v) is 8.78. The second kappa shape index (κ2) is 8.28. The molecule has 3 rings (SSSR count). The Morgan fingerprint density at radius 3 is 2.43 bits per heavy atom. The zero-order valence-corrected chi connectivity index (χ0v) is 17.1. The van der Waals surface area contributed by atoms with Crippen LogP contribution in [0.4, 0.5) is 5.69 Å². The van der Waals surface area contributed by atoms with Gasteiger partial charge in [-0.1, -0.05) is 17.7 Å². The van der Waals surface area contributed by atoms with E-state index in [0.717, 1.165) is 16.1 Å². The van der Waals surface area contributed by atoms with E-state index in [4.69, 9.17) is 21.1 Å². The highest BCUT2D eigenvalue weighted by Gasteiger charge is 2.22. The molecule has 1 aliphatic heterocycles. The number of fused-ring (bicyclic) bond motifs is 1. The number of hydrogen-bond donors (Lipinski definition) is 1. The monoisotopic (exact) mass is 424 g/mol. The highest BCUT2D eigenvalue weighted by molar-refractivity contribution is 7.92. The molecule has 0 saturated heterocycles. The van der Waals surface area contributed by atoms with Gasteiger partial charge >= 0.3 is 0 Å². The van der Waals surface area contributed by atoms with E-state index in [9.17, 15) is 13.2 Å². The first kappa shape index (κ1) is 20.3. The lowest BCUT2D eigenvalue weighted by Gasteiger charge is -2.24. The van der Waals surface area contributed by atoms with E-state index in [-0.39, 0.29) is 12.6 Å². The Hall–Kier alpha value is -2.45. The van der Waals surface area contributed by atoms with Crippen LogP contribution >= 0.6 is 11.6 Å². The van der Waals surface area contributed by atoms with E-state index in [1.165, 1.54) is 0 Å². The summed E-state index contributed by atoms with van der Waals surface area (Å²) in [6.45, 7) is 2.46. The third-order valence-corrected chi connectivity index (χ3v) is 5.64. The molecule has 1 atom stereocenters. The van der Waals surface area contributed by atoms with Gasteiger partial charge in [-0.15, -0.1) is 0 Å². The number of rotatable bonds is 6. The second-order valence-electron chi connectivity index (χ2n) is 6.44. The molecule has 0 bridgehead atoms. The highest BCUT2D eigenvalue weighted by atomic mass is 35.5. The van der Waals surface area contributed by atoms with Crippen LogP contribution in [0.3, 0.4) is 0 Å². The molecule has 0 unspecified atom stereocenters. The number of sulfonamides is 1. The standard InChI is InChI=1S/C19H21ClN2O5S/c1-13(14-3-8-17-18(11-14)27-10-9-26-17)21-19(23)12-22(28(2,24)25)16-6-4-15(20)5-7-16/h3-8,11,13H,9-10,12H2,1-2H3,(H,21,23)/t13-/m1/s1. The molecule has 0 aromatic heterocycles. The van der Waals surface area contributed by atoms with Crippen molar-refractivity contribution in [1.82, 2.24) is 5.32 Å². The lowest BCUT2D eigenvalue weighted by molar-refractivity contribution is -0.120. The van der Waals surface area contributed by atoms with Gasteiger partial charge < -0.3 is 14.8 Å². The lowest BCUT2D eigenvalue weighted by atomic mass is 10.1. The molecule has 1 heterocycles. The van der Waals surface area contributed by atoms with E-state index in [1.54, 1.807) is 30.3 Å². The smallest absolute Gasteiger partial charge is 0.241 e. The number of nitrogens with zero attached hydrogens (tertiary/aromatic N) is 1. The Kier molecular flexibility index (Phi) is 6.00. The summed E-state index contributed by atoms with van der Waals surface area (Å²) in [7, 11) is -3.65. The van der Waals surface area contributed by atoms with Crippen LogP contribution in [0.15, 0.2) is 42.5 Å². The summed E-state index contributed by atoms with van der Waals surface area (Å²) >= 11 is 5.86. The number of carbonyl (C=O) groups excluding carboxylic acids is 1. The van der Waals surface area contributed by atoms with Crippen LogP contribution < -0.4 is 19.1 Å². The number of benzene rings is 2. The van der Waals surface area contributed by atoms with Crippen molar-refractivity contribution in [3.63, 3.8) is 0 Å². The molecular weight excluding hydrogens is 404 g/mol. The SMILES string of the molecule is C[C@@H](NC(=O)CN(c1ccc(Cl)cc1)S(C)(=O)=O)c1ccc2c(c1)OCCO2. The van der Waals surface area contributed by atoms with Gasteiger partial charge in [-0.3, -0.25) is 9.10 Å². The van der Waals surface area contributed by atoms with Crippen LogP contribution in [0, 0.1) is 0 Å². The van der Waals surface area contributed by atoms with Gasteiger partial charge in [0.15, 0.2) is 11.5 Å². The fourth-order valence-electron chi connectivity index (χ4n) is 2.84. The van der Waals surface area contributed by atoms with Crippen molar-refractivity contribution in [2.45, 2.75) is 13.0 Å². The average Bonchev–Trinajstić information content (AvgIpc) is 2.65. The number of ether oxygens (including phenoxy) is 2. The van der Waals surface area contributed by atoms with Crippen LogP contribution in [0.5, 0.6) is 11.5 Å². The van der Waals surface area contributed by atoms with Gasteiger partial charge in [0, 0.05) is 5.02 Å². The number of nitrogens with one attached hydrogen (secondary N) is 1. The highest BCUT2D eigenvalue weighted by Crippen LogP contribution is 2.32. The summed E-state index contributed by atoms with van der Waals surface area (Å²) in [6.07, 6.45) is 1.05. The van der Waals surface area contributed by atoms with E-state index in [2.05, 4.69) is 5.32 Å². The van der Waals surface area contributed by atoms with E-state index in [0.29, 0.717) is 35.4 Å². The van der Waals surface area contributed by atoms with Gasteiger partial charge in [-0.2, -0.15) is 0 Å². The van der Waals surface area contributed by atoms with Crippen molar-refractivity contribution in [3.05, 3.63) is 53.1 Å². The molecular formula is C19H21ClN2O5S. The van der Waals surface area contributed by atoms with Crippen LogP contribution in [0.1, 0.15) is 18.5 Å². The van der Waals surface area contributed by atoms with Crippen molar-refractivity contribution in [3.8, 4) is 11.5 Å². The minimum absolute atomic E-state index is 0.338. The molecule has 0 saturated carbocycles. The molecule has 0 radical (unpaired) electrons. The molecule has 150 valence electrons. The Labute approximate surface area is 169 Å².